The van der Waals surface area contributed by atoms with Crippen molar-refractivity contribution < 1.29 is 9.59 Å². The SMILES string of the molecule is NC(=O)C1CCN(CC(=O)N2CCc3ccccc3C2)CC1. The number of likely N-dealkylation sites (tertiary alicyclic amines) is 1. The Morgan fingerprint density at radius 3 is 2.45 bits per heavy atom. The number of primary amides is 1. The Morgan fingerprint density at radius 1 is 1.09 bits per heavy atom. The Balaban J connectivity index is 1.52. The molecule has 1 saturated heterocycles. The van der Waals surface area contributed by atoms with Crippen molar-refractivity contribution in [3.05, 3.63) is 35.4 Å². The number of hydrogen-bond donors (Lipinski definition) is 1. The van der Waals surface area contributed by atoms with Gasteiger partial charge in [0.2, 0.25) is 11.8 Å². The maximum atomic E-state index is 12.5. The van der Waals surface area contributed by atoms with Crippen molar-refractivity contribution in [2.45, 2.75) is 25.8 Å². The molecule has 0 aromatic heterocycles. The van der Waals surface area contributed by atoms with E-state index in [1.807, 2.05) is 11.0 Å². The molecule has 0 radical (unpaired) electrons. The predicted octanol–water partition coefficient (Wildman–Crippen LogP) is 0.769. The van der Waals surface area contributed by atoms with Gasteiger partial charge >= 0.3 is 0 Å². The maximum absolute atomic E-state index is 12.5. The fraction of sp³-hybridized carbons (Fsp3) is 0.529. The molecule has 2 heterocycles. The van der Waals surface area contributed by atoms with E-state index in [1.165, 1.54) is 11.1 Å². The Hall–Kier alpha value is -1.88. The quantitative estimate of drug-likeness (QED) is 0.896. The van der Waals surface area contributed by atoms with E-state index < -0.39 is 0 Å². The third-order valence-electron chi connectivity index (χ3n) is 4.83. The fourth-order valence-electron chi connectivity index (χ4n) is 3.38. The van der Waals surface area contributed by atoms with Crippen molar-refractivity contribution in [3.63, 3.8) is 0 Å². The molecule has 0 unspecified atom stereocenters. The molecule has 2 N–H and O–H groups in total. The summed E-state index contributed by atoms with van der Waals surface area (Å²) in [5.74, 6) is -0.0427. The van der Waals surface area contributed by atoms with Crippen LogP contribution in [0.15, 0.2) is 24.3 Å². The molecule has 118 valence electrons. The molecule has 0 aliphatic carbocycles. The maximum Gasteiger partial charge on any atom is 0.237 e. The van der Waals surface area contributed by atoms with Gasteiger partial charge in [0.1, 0.15) is 0 Å². The zero-order valence-electron chi connectivity index (χ0n) is 12.8. The minimum atomic E-state index is -0.210. The summed E-state index contributed by atoms with van der Waals surface area (Å²) in [7, 11) is 0. The summed E-state index contributed by atoms with van der Waals surface area (Å²) in [5, 5.41) is 0. The van der Waals surface area contributed by atoms with Crippen LogP contribution in [-0.4, -0.2) is 47.8 Å². The van der Waals surface area contributed by atoms with E-state index in [4.69, 9.17) is 5.73 Å². The van der Waals surface area contributed by atoms with Crippen molar-refractivity contribution in [1.29, 1.82) is 0 Å². The molecule has 1 fully saturated rings. The van der Waals surface area contributed by atoms with E-state index in [0.29, 0.717) is 13.1 Å². The van der Waals surface area contributed by atoms with Crippen molar-refractivity contribution in [2.75, 3.05) is 26.2 Å². The third kappa shape index (κ3) is 3.30. The highest BCUT2D eigenvalue weighted by Crippen LogP contribution is 2.20. The third-order valence-corrected chi connectivity index (χ3v) is 4.83. The van der Waals surface area contributed by atoms with Gasteiger partial charge in [0.15, 0.2) is 0 Å². The van der Waals surface area contributed by atoms with Gasteiger partial charge in [0, 0.05) is 19.0 Å². The lowest BCUT2D eigenvalue weighted by Gasteiger charge is -2.34. The smallest absolute Gasteiger partial charge is 0.237 e. The van der Waals surface area contributed by atoms with E-state index in [0.717, 1.165) is 38.9 Å². The highest BCUT2D eigenvalue weighted by atomic mass is 16.2. The number of hydrogen-bond acceptors (Lipinski definition) is 3. The van der Waals surface area contributed by atoms with Crippen LogP contribution in [0, 0.1) is 5.92 Å². The predicted molar refractivity (Wildman–Crippen MR) is 83.9 cm³/mol. The van der Waals surface area contributed by atoms with Crippen LogP contribution in [0.5, 0.6) is 0 Å². The Morgan fingerprint density at radius 2 is 1.77 bits per heavy atom. The van der Waals surface area contributed by atoms with Gasteiger partial charge in [-0.25, -0.2) is 0 Å². The Labute approximate surface area is 131 Å². The molecule has 1 aromatic rings. The van der Waals surface area contributed by atoms with Crippen LogP contribution < -0.4 is 5.73 Å². The second kappa shape index (κ2) is 6.48. The molecule has 0 saturated carbocycles. The Kier molecular flexibility index (Phi) is 4.43. The number of benzene rings is 1. The largest absolute Gasteiger partial charge is 0.369 e. The summed E-state index contributed by atoms with van der Waals surface area (Å²) in [6, 6.07) is 8.33. The van der Waals surface area contributed by atoms with Gasteiger partial charge in [0.25, 0.3) is 0 Å². The molecule has 2 aliphatic rings. The number of fused-ring (bicyclic) bond motifs is 1. The van der Waals surface area contributed by atoms with E-state index in [2.05, 4.69) is 23.1 Å². The number of nitrogens with zero attached hydrogens (tertiary/aromatic N) is 2. The second-order valence-electron chi connectivity index (χ2n) is 6.29. The lowest BCUT2D eigenvalue weighted by Crippen LogP contribution is -2.46. The molecular formula is C17H23N3O2. The molecule has 0 bridgehead atoms. The number of carbonyl (C=O) groups is 2. The second-order valence-corrected chi connectivity index (χ2v) is 6.29. The molecule has 1 aromatic carbocycles. The van der Waals surface area contributed by atoms with E-state index in [1.54, 1.807) is 0 Å². The monoisotopic (exact) mass is 301 g/mol. The van der Waals surface area contributed by atoms with Crippen LogP contribution in [0.2, 0.25) is 0 Å². The van der Waals surface area contributed by atoms with Gasteiger partial charge in [-0.3, -0.25) is 14.5 Å². The normalized spacial score (nSPS) is 19.7. The highest BCUT2D eigenvalue weighted by Gasteiger charge is 2.26. The first kappa shape index (κ1) is 15.0. The number of piperidine rings is 1. The molecule has 3 rings (SSSR count). The molecule has 5 nitrogen and oxygen atoms in total. The fourth-order valence-corrected chi connectivity index (χ4v) is 3.38. The molecule has 2 amide bonds. The summed E-state index contributed by atoms with van der Waals surface area (Å²) in [4.78, 5) is 27.7. The number of carbonyl (C=O) groups excluding carboxylic acids is 2. The minimum absolute atomic E-state index is 0.0202. The van der Waals surface area contributed by atoms with Crippen LogP contribution in [-0.2, 0) is 22.6 Å². The lowest BCUT2D eigenvalue weighted by atomic mass is 9.96. The van der Waals surface area contributed by atoms with E-state index in [-0.39, 0.29) is 17.7 Å². The molecular weight excluding hydrogens is 278 g/mol. The first-order valence-corrected chi connectivity index (χ1v) is 7.99. The van der Waals surface area contributed by atoms with Gasteiger partial charge in [-0.2, -0.15) is 0 Å². The van der Waals surface area contributed by atoms with Gasteiger partial charge in [-0.15, -0.1) is 0 Å². The minimum Gasteiger partial charge on any atom is -0.369 e. The van der Waals surface area contributed by atoms with Gasteiger partial charge in [0.05, 0.1) is 6.54 Å². The molecule has 0 spiro atoms. The number of amides is 2. The van der Waals surface area contributed by atoms with Crippen molar-refractivity contribution in [1.82, 2.24) is 9.80 Å². The van der Waals surface area contributed by atoms with Crippen molar-refractivity contribution >= 4 is 11.8 Å². The average molecular weight is 301 g/mol. The summed E-state index contributed by atoms with van der Waals surface area (Å²) >= 11 is 0. The first-order chi connectivity index (χ1) is 10.6. The molecule has 0 atom stereocenters. The van der Waals surface area contributed by atoms with Gasteiger partial charge < -0.3 is 10.6 Å². The summed E-state index contributed by atoms with van der Waals surface area (Å²) < 4.78 is 0. The van der Waals surface area contributed by atoms with Gasteiger partial charge in [-0.05, 0) is 43.5 Å². The van der Waals surface area contributed by atoms with Crippen LogP contribution >= 0.6 is 0 Å². The van der Waals surface area contributed by atoms with Gasteiger partial charge in [-0.1, -0.05) is 24.3 Å². The molecule has 2 aliphatic heterocycles. The van der Waals surface area contributed by atoms with Crippen molar-refractivity contribution in [2.24, 2.45) is 11.7 Å². The standard InChI is InChI=1S/C17H23N3O2/c18-17(22)14-5-8-19(9-6-14)12-16(21)20-10-7-13-3-1-2-4-15(13)11-20/h1-4,14H,5-12H2,(H2,18,22). The van der Waals surface area contributed by atoms with Crippen LogP contribution in [0.3, 0.4) is 0 Å². The topological polar surface area (TPSA) is 66.6 Å². The zero-order valence-corrected chi connectivity index (χ0v) is 12.8. The zero-order chi connectivity index (χ0) is 15.5. The first-order valence-electron chi connectivity index (χ1n) is 7.99. The lowest BCUT2D eigenvalue weighted by molar-refractivity contribution is -0.133. The van der Waals surface area contributed by atoms with Crippen LogP contribution in [0.1, 0.15) is 24.0 Å². The highest BCUT2D eigenvalue weighted by molar-refractivity contribution is 5.79. The summed E-state index contributed by atoms with van der Waals surface area (Å²) in [6.07, 6.45) is 2.47. The van der Waals surface area contributed by atoms with Crippen molar-refractivity contribution in [3.8, 4) is 0 Å². The molecule has 5 heteroatoms. The number of nitrogens with two attached hydrogens (primary N) is 1. The van der Waals surface area contributed by atoms with E-state index in [9.17, 15) is 9.59 Å². The summed E-state index contributed by atoms with van der Waals surface area (Å²) in [5.41, 5.74) is 7.96. The van der Waals surface area contributed by atoms with Crippen LogP contribution in [0.4, 0.5) is 0 Å². The number of rotatable bonds is 3. The summed E-state index contributed by atoms with van der Waals surface area (Å²) in [6.45, 7) is 3.53. The van der Waals surface area contributed by atoms with Crippen LogP contribution in [0.25, 0.3) is 0 Å². The van der Waals surface area contributed by atoms with E-state index >= 15 is 0 Å². The Bertz CT molecular complexity index is 565. The molecule has 22 heavy (non-hydrogen) atoms. The average Bonchev–Trinajstić information content (AvgIpc) is 2.55.